The molecule has 106 valence electrons. The largest absolute Gasteiger partial charge is 0.481 e. The Morgan fingerprint density at radius 1 is 0.944 bits per heavy atom. The second-order valence-electron chi connectivity index (χ2n) is 5.95. The van der Waals surface area contributed by atoms with Crippen LogP contribution < -0.4 is 0 Å². The molecule has 1 aliphatic rings. The highest BCUT2D eigenvalue weighted by Crippen LogP contribution is 2.45. The summed E-state index contributed by atoms with van der Waals surface area (Å²) >= 11 is 0. The summed E-state index contributed by atoms with van der Waals surface area (Å²) in [6.07, 6.45) is 14.8. The van der Waals surface area contributed by atoms with Gasteiger partial charge in [-0.05, 0) is 24.7 Å². The van der Waals surface area contributed by atoms with E-state index in [4.69, 9.17) is 5.11 Å². The maximum Gasteiger partial charge on any atom is 0.303 e. The molecule has 0 amide bonds. The third-order valence-corrected chi connectivity index (χ3v) is 4.21. The molecular formula is C16H30O2. The Labute approximate surface area is 112 Å². The van der Waals surface area contributed by atoms with E-state index in [1.54, 1.807) is 0 Å². The van der Waals surface area contributed by atoms with Crippen molar-refractivity contribution in [1.29, 1.82) is 0 Å². The fraction of sp³-hybridized carbons (Fsp3) is 0.938. The highest BCUT2D eigenvalue weighted by Gasteiger charge is 2.34. The quantitative estimate of drug-likeness (QED) is 0.497. The van der Waals surface area contributed by atoms with E-state index in [1.807, 2.05) is 0 Å². The first-order chi connectivity index (χ1) is 8.74. The molecule has 1 aliphatic carbocycles. The molecule has 1 rings (SSSR count). The second-order valence-corrected chi connectivity index (χ2v) is 5.95. The summed E-state index contributed by atoms with van der Waals surface area (Å²) in [6, 6.07) is 0. The van der Waals surface area contributed by atoms with Gasteiger partial charge in [-0.25, -0.2) is 0 Å². The van der Waals surface area contributed by atoms with Crippen molar-refractivity contribution in [3.05, 3.63) is 0 Å². The highest BCUT2D eigenvalue weighted by atomic mass is 16.4. The zero-order valence-electron chi connectivity index (χ0n) is 12.0. The van der Waals surface area contributed by atoms with Crippen LogP contribution in [-0.2, 0) is 4.79 Å². The van der Waals surface area contributed by atoms with Crippen LogP contribution in [0.3, 0.4) is 0 Å². The molecule has 0 heterocycles. The zero-order valence-corrected chi connectivity index (χ0v) is 12.0. The minimum absolute atomic E-state index is 0.351. The number of hydrogen-bond acceptors (Lipinski definition) is 1. The Balaban J connectivity index is 1.80. The molecule has 0 saturated heterocycles. The van der Waals surface area contributed by atoms with Crippen LogP contribution in [0, 0.1) is 11.8 Å². The van der Waals surface area contributed by atoms with Crippen molar-refractivity contribution in [2.75, 3.05) is 0 Å². The maximum absolute atomic E-state index is 10.3. The smallest absolute Gasteiger partial charge is 0.303 e. The SMILES string of the molecule is CCCCCCC1CC1CCCCCCC(=O)O. The lowest BCUT2D eigenvalue weighted by molar-refractivity contribution is -0.137. The fourth-order valence-electron chi connectivity index (χ4n) is 2.89. The van der Waals surface area contributed by atoms with Crippen molar-refractivity contribution < 1.29 is 9.90 Å². The van der Waals surface area contributed by atoms with Crippen LogP contribution in [0.2, 0.25) is 0 Å². The van der Waals surface area contributed by atoms with Gasteiger partial charge in [-0.2, -0.15) is 0 Å². The van der Waals surface area contributed by atoms with Crippen molar-refractivity contribution in [2.45, 2.75) is 84.0 Å². The average Bonchev–Trinajstić information content (AvgIpc) is 3.07. The Hall–Kier alpha value is -0.530. The van der Waals surface area contributed by atoms with Crippen molar-refractivity contribution in [1.82, 2.24) is 0 Å². The van der Waals surface area contributed by atoms with Gasteiger partial charge in [0.1, 0.15) is 0 Å². The van der Waals surface area contributed by atoms with Crippen LogP contribution in [0.5, 0.6) is 0 Å². The van der Waals surface area contributed by atoms with Gasteiger partial charge in [0.25, 0.3) is 0 Å². The Kier molecular flexibility index (Phi) is 8.11. The molecular weight excluding hydrogens is 224 g/mol. The molecule has 1 N–H and O–H groups in total. The average molecular weight is 254 g/mol. The van der Waals surface area contributed by atoms with Gasteiger partial charge in [0, 0.05) is 6.42 Å². The summed E-state index contributed by atoms with van der Waals surface area (Å²) in [5, 5.41) is 8.52. The first-order valence-electron chi connectivity index (χ1n) is 7.95. The summed E-state index contributed by atoms with van der Waals surface area (Å²) in [4.78, 5) is 10.3. The van der Waals surface area contributed by atoms with Gasteiger partial charge in [-0.1, -0.05) is 64.7 Å². The number of hydrogen-bond donors (Lipinski definition) is 1. The van der Waals surface area contributed by atoms with Gasteiger partial charge in [0.05, 0.1) is 0 Å². The summed E-state index contributed by atoms with van der Waals surface area (Å²) in [7, 11) is 0. The van der Waals surface area contributed by atoms with E-state index in [2.05, 4.69) is 6.92 Å². The van der Waals surface area contributed by atoms with Gasteiger partial charge in [-0.15, -0.1) is 0 Å². The third-order valence-electron chi connectivity index (χ3n) is 4.21. The molecule has 1 fully saturated rings. The zero-order chi connectivity index (χ0) is 13.2. The molecule has 0 aromatic heterocycles. The molecule has 2 unspecified atom stereocenters. The lowest BCUT2D eigenvalue weighted by Crippen LogP contribution is -1.93. The molecule has 0 bridgehead atoms. The molecule has 0 aliphatic heterocycles. The van der Waals surface area contributed by atoms with Crippen LogP contribution in [0.4, 0.5) is 0 Å². The fourth-order valence-corrected chi connectivity index (χ4v) is 2.89. The molecule has 18 heavy (non-hydrogen) atoms. The number of carboxylic acid groups (broad SMARTS) is 1. The number of aliphatic carboxylic acids is 1. The predicted molar refractivity (Wildman–Crippen MR) is 75.7 cm³/mol. The number of rotatable bonds is 12. The number of unbranched alkanes of at least 4 members (excludes halogenated alkanes) is 6. The van der Waals surface area contributed by atoms with E-state index in [1.165, 1.54) is 57.8 Å². The minimum atomic E-state index is -0.649. The van der Waals surface area contributed by atoms with Crippen LogP contribution in [0.1, 0.15) is 84.0 Å². The predicted octanol–water partition coefficient (Wildman–Crippen LogP) is 5.02. The first-order valence-corrected chi connectivity index (χ1v) is 7.95. The number of carbonyl (C=O) groups is 1. The molecule has 0 aromatic rings. The second kappa shape index (κ2) is 9.41. The van der Waals surface area contributed by atoms with E-state index in [0.717, 1.165) is 24.7 Å². The van der Waals surface area contributed by atoms with Crippen molar-refractivity contribution in [2.24, 2.45) is 11.8 Å². The summed E-state index contributed by atoms with van der Waals surface area (Å²) < 4.78 is 0. The van der Waals surface area contributed by atoms with E-state index in [-0.39, 0.29) is 0 Å². The van der Waals surface area contributed by atoms with E-state index >= 15 is 0 Å². The molecule has 0 radical (unpaired) electrons. The highest BCUT2D eigenvalue weighted by molar-refractivity contribution is 5.66. The molecule has 0 spiro atoms. The van der Waals surface area contributed by atoms with Crippen molar-refractivity contribution >= 4 is 5.97 Å². The summed E-state index contributed by atoms with van der Waals surface area (Å²) in [5.41, 5.74) is 0. The molecule has 0 aromatic carbocycles. The van der Waals surface area contributed by atoms with Crippen LogP contribution >= 0.6 is 0 Å². The lowest BCUT2D eigenvalue weighted by Gasteiger charge is -2.01. The van der Waals surface area contributed by atoms with Gasteiger partial charge in [-0.3, -0.25) is 4.79 Å². The van der Waals surface area contributed by atoms with Crippen LogP contribution in [-0.4, -0.2) is 11.1 Å². The van der Waals surface area contributed by atoms with Gasteiger partial charge >= 0.3 is 5.97 Å². The Bertz CT molecular complexity index is 225. The Morgan fingerprint density at radius 2 is 1.50 bits per heavy atom. The monoisotopic (exact) mass is 254 g/mol. The first kappa shape index (κ1) is 15.5. The summed E-state index contributed by atoms with van der Waals surface area (Å²) in [5.74, 6) is 1.41. The van der Waals surface area contributed by atoms with Gasteiger partial charge in [0.2, 0.25) is 0 Å². The van der Waals surface area contributed by atoms with Crippen LogP contribution in [0.25, 0.3) is 0 Å². The minimum Gasteiger partial charge on any atom is -0.481 e. The Morgan fingerprint density at radius 3 is 2.06 bits per heavy atom. The number of carboxylic acids is 1. The van der Waals surface area contributed by atoms with Crippen LogP contribution in [0.15, 0.2) is 0 Å². The lowest BCUT2D eigenvalue weighted by atomic mass is 10.0. The molecule has 1 saturated carbocycles. The van der Waals surface area contributed by atoms with E-state index in [9.17, 15) is 4.79 Å². The van der Waals surface area contributed by atoms with Gasteiger partial charge in [0.15, 0.2) is 0 Å². The maximum atomic E-state index is 10.3. The van der Waals surface area contributed by atoms with Crippen molar-refractivity contribution in [3.8, 4) is 0 Å². The topological polar surface area (TPSA) is 37.3 Å². The normalized spacial score (nSPS) is 22.1. The molecule has 2 nitrogen and oxygen atoms in total. The van der Waals surface area contributed by atoms with Crippen molar-refractivity contribution in [3.63, 3.8) is 0 Å². The third kappa shape index (κ3) is 7.73. The summed E-state index contributed by atoms with van der Waals surface area (Å²) in [6.45, 7) is 2.27. The standard InChI is InChI=1S/C16H30O2/c1-2-3-4-7-10-14-13-15(14)11-8-5-6-9-12-16(17)18/h14-15H,2-13H2,1H3,(H,17,18). The molecule has 2 heteroatoms. The molecule has 2 atom stereocenters. The van der Waals surface area contributed by atoms with Gasteiger partial charge < -0.3 is 5.11 Å². The van der Waals surface area contributed by atoms with E-state index < -0.39 is 5.97 Å². The van der Waals surface area contributed by atoms with E-state index in [0.29, 0.717) is 6.42 Å².